The van der Waals surface area contributed by atoms with E-state index in [-0.39, 0.29) is 17.9 Å². The minimum atomic E-state index is -0.366. The maximum atomic E-state index is 11.5. The highest BCUT2D eigenvalue weighted by atomic mass is 16.2. The monoisotopic (exact) mass is 243 g/mol. The van der Waals surface area contributed by atoms with E-state index < -0.39 is 0 Å². The molecule has 2 amide bonds. The first kappa shape index (κ1) is 12.3. The molecule has 0 radical (unpaired) electrons. The second-order valence-corrected chi connectivity index (χ2v) is 4.15. The molecule has 5 nitrogen and oxygen atoms in total. The highest BCUT2D eigenvalue weighted by Crippen LogP contribution is 2.09. The first-order chi connectivity index (χ1) is 8.70. The molecule has 1 saturated heterocycles. The van der Waals surface area contributed by atoms with Crippen molar-refractivity contribution in [1.29, 1.82) is 5.26 Å². The number of nitrogens with zero attached hydrogens (tertiary/aromatic N) is 1. The lowest BCUT2D eigenvalue weighted by Gasteiger charge is -2.22. The van der Waals surface area contributed by atoms with Gasteiger partial charge in [0.1, 0.15) is 0 Å². The van der Waals surface area contributed by atoms with Crippen molar-refractivity contribution in [1.82, 2.24) is 10.6 Å². The van der Waals surface area contributed by atoms with Crippen LogP contribution < -0.4 is 10.6 Å². The number of amides is 2. The van der Waals surface area contributed by atoms with Gasteiger partial charge in [0, 0.05) is 13.0 Å². The number of carbonyl (C=O) groups is 2. The second kappa shape index (κ2) is 5.43. The molecular formula is C13H13N3O2. The molecule has 92 valence electrons. The second-order valence-electron chi connectivity index (χ2n) is 4.15. The average Bonchev–Trinajstić information content (AvgIpc) is 2.38. The molecule has 2 N–H and O–H groups in total. The van der Waals surface area contributed by atoms with Gasteiger partial charge in [0.2, 0.25) is 11.8 Å². The van der Waals surface area contributed by atoms with Crippen molar-refractivity contribution in [3.05, 3.63) is 35.4 Å². The lowest BCUT2D eigenvalue weighted by atomic mass is 10.0. The van der Waals surface area contributed by atoms with Crippen molar-refractivity contribution in [2.45, 2.75) is 25.4 Å². The molecule has 0 saturated carbocycles. The maximum absolute atomic E-state index is 11.5. The van der Waals surface area contributed by atoms with Gasteiger partial charge >= 0.3 is 0 Å². The van der Waals surface area contributed by atoms with Crippen LogP contribution in [0.15, 0.2) is 24.3 Å². The van der Waals surface area contributed by atoms with E-state index in [9.17, 15) is 9.59 Å². The Hall–Kier alpha value is -2.19. The number of hydrogen-bond acceptors (Lipinski definition) is 4. The van der Waals surface area contributed by atoms with E-state index in [0.29, 0.717) is 24.9 Å². The summed E-state index contributed by atoms with van der Waals surface area (Å²) < 4.78 is 0. The van der Waals surface area contributed by atoms with E-state index in [1.807, 2.05) is 12.1 Å². The van der Waals surface area contributed by atoms with Gasteiger partial charge in [-0.25, -0.2) is 0 Å². The third kappa shape index (κ3) is 2.73. The Morgan fingerprint density at radius 2 is 2.17 bits per heavy atom. The fourth-order valence-corrected chi connectivity index (χ4v) is 1.90. The molecule has 0 aliphatic carbocycles. The standard InChI is InChI=1S/C13H13N3O2/c14-7-9-3-1-2-4-10(9)8-15-11-5-6-12(17)16-13(11)18/h1-4,11,15H,5-6,8H2,(H,16,17,18). The van der Waals surface area contributed by atoms with Gasteiger partial charge in [-0.3, -0.25) is 14.9 Å². The molecule has 5 heteroatoms. The number of hydrogen-bond donors (Lipinski definition) is 2. The average molecular weight is 243 g/mol. The highest BCUT2D eigenvalue weighted by molar-refractivity contribution is 6.00. The summed E-state index contributed by atoms with van der Waals surface area (Å²) in [5.74, 6) is -0.517. The summed E-state index contributed by atoms with van der Waals surface area (Å²) in [6.07, 6.45) is 0.850. The van der Waals surface area contributed by atoms with E-state index in [4.69, 9.17) is 5.26 Å². The molecule has 0 bridgehead atoms. The van der Waals surface area contributed by atoms with Crippen molar-refractivity contribution < 1.29 is 9.59 Å². The van der Waals surface area contributed by atoms with Crippen molar-refractivity contribution in [3.8, 4) is 6.07 Å². The molecule has 1 fully saturated rings. The fourth-order valence-electron chi connectivity index (χ4n) is 1.90. The minimum Gasteiger partial charge on any atom is -0.302 e. The van der Waals surface area contributed by atoms with Crippen LogP contribution in [0.1, 0.15) is 24.0 Å². The maximum Gasteiger partial charge on any atom is 0.243 e. The summed E-state index contributed by atoms with van der Waals surface area (Å²) >= 11 is 0. The predicted molar refractivity (Wildman–Crippen MR) is 64.2 cm³/mol. The minimum absolute atomic E-state index is 0.226. The van der Waals surface area contributed by atoms with Gasteiger partial charge in [0.05, 0.1) is 17.7 Å². The summed E-state index contributed by atoms with van der Waals surface area (Å²) in [6, 6.07) is 8.97. The van der Waals surface area contributed by atoms with E-state index in [2.05, 4.69) is 16.7 Å². The molecule has 1 unspecified atom stereocenters. The Morgan fingerprint density at radius 1 is 1.39 bits per heavy atom. The summed E-state index contributed by atoms with van der Waals surface area (Å²) in [7, 11) is 0. The summed E-state index contributed by atoms with van der Waals surface area (Å²) in [5.41, 5.74) is 1.45. The summed E-state index contributed by atoms with van der Waals surface area (Å²) in [5, 5.41) is 14.3. The Morgan fingerprint density at radius 3 is 2.89 bits per heavy atom. The smallest absolute Gasteiger partial charge is 0.243 e. The van der Waals surface area contributed by atoms with Crippen LogP contribution in [-0.4, -0.2) is 17.9 Å². The van der Waals surface area contributed by atoms with Gasteiger partial charge in [0.15, 0.2) is 0 Å². The zero-order chi connectivity index (χ0) is 13.0. The Labute approximate surface area is 105 Å². The van der Waals surface area contributed by atoms with Crippen LogP contribution in [0, 0.1) is 11.3 Å². The number of imide groups is 1. The summed E-state index contributed by atoms with van der Waals surface area (Å²) in [4.78, 5) is 22.5. The van der Waals surface area contributed by atoms with Gasteiger partial charge in [-0.2, -0.15) is 5.26 Å². The van der Waals surface area contributed by atoms with Crippen molar-refractivity contribution in [3.63, 3.8) is 0 Å². The van der Waals surface area contributed by atoms with Gasteiger partial charge in [-0.05, 0) is 18.1 Å². The molecule has 1 atom stereocenters. The molecule has 2 rings (SSSR count). The predicted octanol–water partition coefficient (Wildman–Crippen LogP) is 0.453. The van der Waals surface area contributed by atoms with Crippen molar-refractivity contribution in [2.75, 3.05) is 0 Å². The van der Waals surface area contributed by atoms with Crippen LogP contribution in [0.3, 0.4) is 0 Å². The molecule has 0 spiro atoms. The number of carbonyl (C=O) groups excluding carboxylic acids is 2. The lowest BCUT2D eigenvalue weighted by molar-refractivity contribution is -0.134. The first-order valence-corrected chi connectivity index (χ1v) is 5.76. The SMILES string of the molecule is N#Cc1ccccc1CNC1CCC(=O)NC1=O. The Kier molecular flexibility index (Phi) is 3.70. The van der Waals surface area contributed by atoms with Crippen molar-refractivity contribution in [2.24, 2.45) is 0 Å². The Balaban J connectivity index is 1.98. The zero-order valence-electron chi connectivity index (χ0n) is 9.77. The molecule has 1 aromatic rings. The van der Waals surface area contributed by atoms with E-state index >= 15 is 0 Å². The van der Waals surface area contributed by atoms with Crippen molar-refractivity contribution >= 4 is 11.8 Å². The van der Waals surface area contributed by atoms with E-state index in [1.165, 1.54) is 0 Å². The molecule has 18 heavy (non-hydrogen) atoms. The normalized spacial score (nSPS) is 19.2. The number of nitrogens with one attached hydrogen (secondary N) is 2. The molecular weight excluding hydrogens is 230 g/mol. The molecule has 0 aromatic heterocycles. The van der Waals surface area contributed by atoms with E-state index in [1.54, 1.807) is 12.1 Å². The third-order valence-corrected chi connectivity index (χ3v) is 2.92. The number of rotatable bonds is 3. The van der Waals surface area contributed by atoms with Gasteiger partial charge in [-0.15, -0.1) is 0 Å². The van der Waals surface area contributed by atoms with Gasteiger partial charge < -0.3 is 5.32 Å². The molecule has 1 aromatic carbocycles. The van der Waals surface area contributed by atoms with Crippen LogP contribution in [0.5, 0.6) is 0 Å². The highest BCUT2D eigenvalue weighted by Gasteiger charge is 2.25. The van der Waals surface area contributed by atoms with Crippen LogP contribution in [0.25, 0.3) is 0 Å². The zero-order valence-corrected chi connectivity index (χ0v) is 9.77. The molecule has 1 aliphatic rings. The number of nitriles is 1. The number of piperidine rings is 1. The molecule has 1 heterocycles. The first-order valence-electron chi connectivity index (χ1n) is 5.76. The lowest BCUT2D eigenvalue weighted by Crippen LogP contribution is -2.50. The molecule has 1 aliphatic heterocycles. The fraction of sp³-hybridized carbons (Fsp3) is 0.308. The van der Waals surface area contributed by atoms with E-state index in [0.717, 1.165) is 5.56 Å². The van der Waals surface area contributed by atoms with Crippen LogP contribution >= 0.6 is 0 Å². The van der Waals surface area contributed by atoms with Crippen LogP contribution in [0.2, 0.25) is 0 Å². The third-order valence-electron chi connectivity index (χ3n) is 2.92. The van der Waals surface area contributed by atoms with Gasteiger partial charge in [-0.1, -0.05) is 18.2 Å². The number of benzene rings is 1. The quantitative estimate of drug-likeness (QED) is 0.755. The summed E-state index contributed by atoms with van der Waals surface area (Å²) in [6.45, 7) is 0.440. The largest absolute Gasteiger partial charge is 0.302 e. The Bertz CT molecular complexity index is 519. The van der Waals surface area contributed by atoms with Crippen LogP contribution in [0.4, 0.5) is 0 Å². The van der Waals surface area contributed by atoms with Crippen LogP contribution in [-0.2, 0) is 16.1 Å². The van der Waals surface area contributed by atoms with Gasteiger partial charge in [0.25, 0.3) is 0 Å². The topological polar surface area (TPSA) is 82.0 Å².